The third-order valence-corrected chi connectivity index (χ3v) is 4.59. The van der Waals surface area contributed by atoms with Gasteiger partial charge in [-0.2, -0.15) is 0 Å². The van der Waals surface area contributed by atoms with Gasteiger partial charge in [-0.1, -0.05) is 26.7 Å². The quantitative estimate of drug-likeness (QED) is 0.903. The number of carbonyl (C=O) groups is 2. The second-order valence-electron chi connectivity index (χ2n) is 6.84. The number of aryl methyl sites for hydroxylation is 1. The smallest absolute Gasteiger partial charge is 0.337 e. The largest absolute Gasteiger partial charge is 0.478 e. The number of carbonyl (C=O) groups excluding carboxylic acids is 1. The number of rotatable bonds is 5. The Kier molecular flexibility index (Phi) is 5.74. The average molecular weight is 318 g/mol. The Morgan fingerprint density at radius 3 is 2.48 bits per heavy atom. The molecule has 0 atom stereocenters. The van der Waals surface area contributed by atoms with Crippen molar-refractivity contribution in [3.05, 3.63) is 29.1 Å². The van der Waals surface area contributed by atoms with Crippen LogP contribution >= 0.6 is 0 Å². The molecule has 2 heterocycles. The van der Waals surface area contributed by atoms with Crippen molar-refractivity contribution in [2.45, 2.75) is 46.5 Å². The van der Waals surface area contributed by atoms with Crippen LogP contribution in [0, 0.1) is 18.8 Å². The van der Waals surface area contributed by atoms with Crippen LogP contribution in [0.3, 0.4) is 0 Å². The highest BCUT2D eigenvalue weighted by molar-refractivity contribution is 5.94. The van der Waals surface area contributed by atoms with Crippen molar-refractivity contribution in [3.63, 3.8) is 0 Å². The van der Waals surface area contributed by atoms with Gasteiger partial charge in [-0.15, -0.1) is 0 Å². The minimum Gasteiger partial charge on any atom is -0.478 e. The molecule has 1 aromatic rings. The molecule has 1 aliphatic rings. The van der Waals surface area contributed by atoms with Crippen LogP contribution in [0.25, 0.3) is 0 Å². The number of likely N-dealkylation sites (tertiary alicyclic amines) is 1. The van der Waals surface area contributed by atoms with Gasteiger partial charge in [0.2, 0.25) is 0 Å². The molecule has 1 fully saturated rings. The number of pyridine rings is 1. The molecule has 0 radical (unpaired) electrons. The molecule has 2 rings (SSSR count). The summed E-state index contributed by atoms with van der Waals surface area (Å²) in [5.41, 5.74) is 0.872. The van der Waals surface area contributed by atoms with Gasteiger partial charge in [-0.05, 0) is 43.7 Å². The van der Waals surface area contributed by atoms with Crippen LogP contribution in [-0.2, 0) is 0 Å². The fourth-order valence-corrected chi connectivity index (χ4v) is 3.06. The fraction of sp³-hybridized carbons (Fsp3) is 0.611. The maximum absolute atomic E-state index is 12.5. The number of aromatic carboxylic acids is 1. The topological polar surface area (TPSA) is 70.5 Å². The van der Waals surface area contributed by atoms with Crippen molar-refractivity contribution in [3.8, 4) is 0 Å². The average Bonchev–Trinajstić information content (AvgIpc) is 2.52. The van der Waals surface area contributed by atoms with E-state index in [1.54, 1.807) is 6.92 Å². The Labute approximate surface area is 137 Å². The van der Waals surface area contributed by atoms with Crippen molar-refractivity contribution in [1.29, 1.82) is 0 Å². The molecule has 0 aromatic carbocycles. The minimum atomic E-state index is -1.01. The van der Waals surface area contributed by atoms with Gasteiger partial charge in [-0.3, -0.25) is 4.79 Å². The summed E-state index contributed by atoms with van der Waals surface area (Å²) in [6, 6.07) is 2.98. The molecule has 1 N–H and O–H groups in total. The molecule has 1 amide bonds. The molecule has 23 heavy (non-hydrogen) atoms. The van der Waals surface area contributed by atoms with E-state index in [-0.39, 0.29) is 11.5 Å². The summed E-state index contributed by atoms with van der Waals surface area (Å²) in [5.74, 6) is 0.340. The van der Waals surface area contributed by atoms with Crippen molar-refractivity contribution in [1.82, 2.24) is 9.88 Å². The van der Waals surface area contributed by atoms with E-state index in [4.69, 9.17) is 5.11 Å². The highest BCUT2D eigenvalue weighted by Gasteiger charge is 2.25. The number of carboxylic acids is 1. The summed E-state index contributed by atoms with van der Waals surface area (Å²) in [6.07, 6.45) is 4.58. The van der Waals surface area contributed by atoms with Gasteiger partial charge in [0.1, 0.15) is 5.69 Å². The number of carboxylic acid groups (broad SMARTS) is 1. The second kappa shape index (κ2) is 7.57. The van der Waals surface area contributed by atoms with Crippen molar-refractivity contribution >= 4 is 11.9 Å². The first-order chi connectivity index (χ1) is 10.9. The Hall–Kier alpha value is -1.91. The second-order valence-corrected chi connectivity index (χ2v) is 6.84. The number of hydrogen-bond acceptors (Lipinski definition) is 3. The van der Waals surface area contributed by atoms with Gasteiger partial charge in [0.15, 0.2) is 0 Å². The predicted molar refractivity (Wildman–Crippen MR) is 88.6 cm³/mol. The Bertz CT molecular complexity index is 576. The van der Waals surface area contributed by atoms with Crippen LogP contribution in [0.5, 0.6) is 0 Å². The van der Waals surface area contributed by atoms with E-state index in [0.717, 1.165) is 31.8 Å². The predicted octanol–water partition coefficient (Wildman–Crippen LogP) is 3.38. The molecule has 5 heteroatoms. The molecular formula is C18H26N2O3. The van der Waals surface area contributed by atoms with E-state index in [1.165, 1.54) is 25.0 Å². The summed E-state index contributed by atoms with van der Waals surface area (Å²) in [7, 11) is 0. The third-order valence-electron chi connectivity index (χ3n) is 4.59. The molecule has 1 aromatic heterocycles. The zero-order valence-corrected chi connectivity index (χ0v) is 14.2. The number of hydrogen-bond donors (Lipinski definition) is 1. The van der Waals surface area contributed by atoms with Crippen LogP contribution in [0.15, 0.2) is 12.1 Å². The number of amides is 1. The lowest BCUT2D eigenvalue weighted by Crippen LogP contribution is -2.39. The zero-order valence-electron chi connectivity index (χ0n) is 14.2. The van der Waals surface area contributed by atoms with Crippen molar-refractivity contribution < 1.29 is 14.7 Å². The zero-order chi connectivity index (χ0) is 17.0. The number of nitrogens with zero attached hydrogens (tertiary/aromatic N) is 2. The monoisotopic (exact) mass is 318 g/mol. The SMILES string of the molecule is Cc1nc(C(=O)N2CCC(CCC(C)C)CC2)ccc1C(=O)O. The van der Waals surface area contributed by atoms with Gasteiger partial charge in [0.25, 0.3) is 5.91 Å². The van der Waals surface area contributed by atoms with E-state index in [1.807, 2.05) is 4.90 Å². The minimum absolute atomic E-state index is 0.0904. The van der Waals surface area contributed by atoms with Crippen LogP contribution < -0.4 is 0 Å². The summed E-state index contributed by atoms with van der Waals surface area (Å²) >= 11 is 0. The van der Waals surface area contributed by atoms with E-state index in [0.29, 0.717) is 17.3 Å². The van der Waals surface area contributed by atoms with Gasteiger partial charge < -0.3 is 10.0 Å². The standard InChI is InChI=1S/C18H26N2O3/c1-12(2)4-5-14-8-10-20(11-9-14)17(21)16-7-6-15(18(22)23)13(3)19-16/h6-7,12,14H,4-5,8-11H2,1-3H3,(H,22,23). The van der Waals surface area contributed by atoms with E-state index in [9.17, 15) is 9.59 Å². The summed E-state index contributed by atoms with van der Waals surface area (Å²) in [6.45, 7) is 7.64. The maximum atomic E-state index is 12.5. The first-order valence-corrected chi connectivity index (χ1v) is 8.38. The molecule has 0 unspecified atom stereocenters. The number of piperidine rings is 1. The summed E-state index contributed by atoms with van der Waals surface area (Å²) in [4.78, 5) is 29.6. The molecule has 0 saturated carbocycles. The highest BCUT2D eigenvalue weighted by Crippen LogP contribution is 2.24. The van der Waals surface area contributed by atoms with E-state index < -0.39 is 5.97 Å². The Morgan fingerprint density at radius 1 is 1.30 bits per heavy atom. The number of aromatic nitrogens is 1. The normalized spacial score (nSPS) is 15.9. The summed E-state index contributed by atoms with van der Waals surface area (Å²) < 4.78 is 0. The molecule has 0 spiro atoms. The van der Waals surface area contributed by atoms with E-state index >= 15 is 0 Å². The molecule has 126 valence electrons. The van der Waals surface area contributed by atoms with Gasteiger partial charge >= 0.3 is 5.97 Å². The summed E-state index contributed by atoms with van der Waals surface area (Å²) in [5, 5.41) is 9.03. The molecule has 5 nitrogen and oxygen atoms in total. The van der Waals surface area contributed by atoms with Gasteiger partial charge in [0.05, 0.1) is 11.3 Å². The van der Waals surface area contributed by atoms with Gasteiger partial charge in [0, 0.05) is 13.1 Å². The molecule has 0 aliphatic carbocycles. The molecular weight excluding hydrogens is 292 g/mol. The van der Waals surface area contributed by atoms with Crippen LogP contribution in [-0.4, -0.2) is 40.0 Å². The Balaban J connectivity index is 1.95. The first-order valence-electron chi connectivity index (χ1n) is 8.38. The lowest BCUT2D eigenvalue weighted by Gasteiger charge is -2.32. The third kappa shape index (κ3) is 4.53. The van der Waals surface area contributed by atoms with Crippen LogP contribution in [0.1, 0.15) is 66.1 Å². The fourth-order valence-electron chi connectivity index (χ4n) is 3.06. The lowest BCUT2D eigenvalue weighted by molar-refractivity contribution is 0.0669. The van der Waals surface area contributed by atoms with Crippen molar-refractivity contribution in [2.75, 3.05) is 13.1 Å². The van der Waals surface area contributed by atoms with Crippen molar-refractivity contribution in [2.24, 2.45) is 11.8 Å². The van der Waals surface area contributed by atoms with Crippen LogP contribution in [0.2, 0.25) is 0 Å². The molecule has 1 aliphatic heterocycles. The molecule has 0 bridgehead atoms. The van der Waals surface area contributed by atoms with E-state index in [2.05, 4.69) is 18.8 Å². The Morgan fingerprint density at radius 2 is 1.96 bits per heavy atom. The first kappa shape index (κ1) is 17.4. The van der Waals surface area contributed by atoms with Crippen LogP contribution in [0.4, 0.5) is 0 Å². The lowest BCUT2D eigenvalue weighted by atomic mass is 9.89. The maximum Gasteiger partial charge on any atom is 0.337 e. The molecule has 1 saturated heterocycles. The van der Waals surface area contributed by atoms with Gasteiger partial charge in [-0.25, -0.2) is 9.78 Å². The highest BCUT2D eigenvalue weighted by atomic mass is 16.4.